The van der Waals surface area contributed by atoms with Gasteiger partial charge in [-0.05, 0) is 0 Å². The minimum absolute atomic E-state index is 0. The van der Waals surface area contributed by atoms with Crippen molar-refractivity contribution in [2.24, 2.45) is 0 Å². The Morgan fingerprint density at radius 3 is 1.00 bits per heavy atom. The van der Waals surface area contributed by atoms with E-state index in [9.17, 15) is 0 Å². The standard InChI is InChI=1S/Al.3ClH.Co.3H/h;3*1H;;;;/q;;;;+3;;;/p-3. The molecule has 0 fully saturated rings. The molecule has 0 spiro atoms. The molecule has 0 atom stereocenters. The van der Waals surface area contributed by atoms with E-state index in [-0.39, 0.29) is 17.4 Å². The molecule has 0 aromatic heterocycles. The Hall–Kier alpha value is 1.91. The maximum absolute atomic E-state index is 4.87. The molecule has 5 heavy (non-hydrogen) atoms. The van der Waals surface area contributed by atoms with Gasteiger partial charge in [0.25, 0.3) is 0 Å². The predicted molar refractivity (Wildman–Crippen MR) is 27.5 cm³/mol. The van der Waals surface area contributed by atoms with E-state index in [2.05, 4.69) is 0 Å². The van der Waals surface area contributed by atoms with E-state index in [0.29, 0.717) is 0 Å². The Morgan fingerprint density at radius 1 is 1.00 bits per heavy atom. The van der Waals surface area contributed by atoms with Crippen LogP contribution in [0.1, 0.15) is 0 Å². The summed E-state index contributed by atoms with van der Waals surface area (Å²) in [7, 11) is 13.4. The molecule has 0 unspecified atom stereocenters. The van der Waals surface area contributed by atoms with E-state index in [0.717, 1.165) is 0 Å². The van der Waals surface area contributed by atoms with Crippen molar-refractivity contribution in [3.8, 4) is 0 Å². The second-order valence-corrected chi connectivity index (χ2v) is 5.30. The first kappa shape index (κ1) is 10.0. The number of hydrogen-bond donors (Lipinski definition) is 0. The van der Waals surface area contributed by atoms with Gasteiger partial charge in [-0.1, -0.05) is 0 Å². The molecule has 0 N–H and O–H groups in total. The van der Waals surface area contributed by atoms with E-state index in [1.54, 1.807) is 0 Å². The summed E-state index contributed by atoms with van der Waals surface area (Å²) in [6.45, 7) is 0. The molecule has 0 saturated carbocycles. The van der Waals surface area contributed by atoms with Gasteiger partial charge in [-0.15, -0.1) is 0 Å². The van der Waals surface area contributed by atoms with Crippen LogP contribution in [0.25, 0.3) is 0 Å². The topological polar surface area (TPSA) is 0 Å². The summed E-state index contributed by atoms with van der Waals surface area (Å²) in [5.41, 5.74) is 0. The first-order valence-electron chi connectivity index (χ1n) is 0.378. The Bertz CT molecular complexity index is 11.6. The van der Waals surface area contributed by atoms with Crippen molar-refractivity contribution in [1.82, 2.24) is 0 Å². The molecule has 0 radical (unpaired) electrons. The fourth-order valence-corrected chi connectivity index (χ4v) is 0. The molecule has 0 aliphatic rings. The summed E-state index contributed by atoms with van der Waals surface area (Å²) in [5.74, 6) is 0. The molecule has 0 saturated heterocycles. The van der Waals surface area contributed by atoms with Gasteiger partial charge in [0.2, 0.25) is 0 Å². The zero-order valence-electron chi connectivity index (χ0n) is 1.47. The molecule has 0 nitrogen and oxygen atoms in total. The summed E-state index contributed by atoms with van der Waals surface area (Å²) in [6.07, 6.45) is 0. The van der Waals surface area contributed by atoms with E-state index in [1.807, 2.05) is 0 Å². The third-order valence-corrected chi connectivity index (χ3v) is 0. The molecule has 0 rings (SSSR count). The van der Waals surface area contributed by atoms with Gasteiger partial charge in [-0.25, -0.2) is 0 Å². The average molecular weight is 195 g/mol. The Balaban J connectivity index is 0. The molecule has 0 aliphatic carbocycles. The van der Waals surface area contributed by atoms with E-state index < -0.39 is 10.9 Å². The van der Waals surface area contributed by atoms with Crippen LogP contribution in [0, 0.1) is 0 Å². The monoisotopic (exact) mass is 194 g/mol. The second-order valence-electron chi connectivity index (χ2n) is 0.143. The summed E-state index contributed by atoms with van der Waals surface area (Å²) in [4.78, 5) is 0. The van der Waals surface area contributed by atoms with Crippen molar-refractivity contribution in [2.75, 3.05) is 0 Å². The third kappa shape index (κ3) is 24.8. The van der Waals surface area contributed by atoms with Crippen LogP contribution in [-0.2, 0) is 10.9 Å². The van der Waals surface area contributed by atoms with Gasteiger partial charge >= 0.3 is 41.4 Å². The summed E-state index contributed by atoms with van der Waals surface area (Å²) < 4.78 is 0. The minimum atomic E-state index is -1.19. The molecule has 0 aromatic carbocycles. The fourth-order valence-electron chi connectivity index (χ4n) is 0. The van der Waals surface area contributed by atoms with Crippen molar-refractivity contribution in [3.63, 3.8) is 0 Å². The zero-order chi connectivity index (χ0) is 3.58. The maximum atomic E-state index is 4.87. The van der Waals surface area contributed by atoms with Crippen molar-refractivity contribution >= 4 is 47.8 Å². The molecule has 0 bridgehead atoms. The number of halogens is 3. The molecule has 5 heteroatoms. The van der Waals surface area contributed by atoms with Gasteiger partial charge in [-0.3, -0.25) is 0 Å². The number of rotatable bonds is 0. The van der Waals surface area contributed by atoms with Crippen molar-refractivity contribution in [3.05, 3.63) is 0 Å². The van der Waals surface area contributed by atoms with Gasteiger partial charge < -0.3 is 0 Å². The molecule has 36 valence electrons. The van der Waals surface area contributed by atoms with Gasteiger partial charge in [-0.2, -0.15) is 0 Å². The third-order valence-electron chi connectivity index (χ3n) is 0. The average Bonchev–Trinajstić information content (AvgIpc) is 0.811. The Morgan fingerprint density at radius 2 is 1.00 bits per heavy atom. The van der Waals surface area contributed by atoms with Crippen LogP contribution in [0.5, 0.6) is 0 Å². The van der Waals surface area contributed by atoms with Crippen molar-refractivity contribution in [2.45, 2.75) is 0 Å². The summed E-state index contributed by atoms with van der Waals surface area (Å²) in [5, 5.41) is 0. The quantitative estimate of drug-likeness (QED) is 0.503. The van der Waals surface area contributed by atoms with Crippen LogP contribution in [-0.4, -0.2) is 17.4 Å². The van der Waals surface area contributed by atoms with Crippen molar-refractivity contribution in [1.29, 1.82) is 0 Å². The van der Waals surface area contributed by atoms with Gasteiger partial charge in [0, 0.05) is 0 Å². The van der Waals surface area contributed by atoms with Crippen LogP contribution in [0.2, 0.25) is 0 Å². The van der Waals surface area contributed by atoms with Crippen LogP contribution in [0.15, 0.2) is 0 Å². The van der Waals surface area contributed by atoms with Crippen LogP contribution in [0.3, 0.4) is 0 Å². The molecule has 0 heterocycles. The van der Waals surface area contributed by atoms with Crippen LogP contribution < -0.4 is 0 Å². The van der Waals surface area contributed by atoms with Crippen LogP contribution in [0.4, 0.5) is 0 Å². The zero-order valence-corrected chi connectivity index (χ0v) is 4.78. The molecule has 0 aromatic rings. The molecular weight excluding hydrogens is 192 g/mol. The predicted octanol–water partition coefficient (Wildman–Crippen LogP) is 0.882. The van der Waals surface area contributed by atoms with E-state index in [1.165, 1.54) is 0 Å². The summed E-state index contributed by atoms with van der Waals surface area (Å²) >= 11 is 0. The van der Waals surface area contributed by atoms with Gasteiger partial charge in [0.1, 0.15) is 0 Å². The number of hydrogen-bond acceptors (Lipinski definition) is 0. The fraction of sp³-hybridized carbons (Fsp3) is 0. The normalized spacial score (nSPS) is 9.00. The first-order valence-corrected chi connectivity index (χ1v) is 4.68. The Labute approximate surface area is 58.4 Å². The van der Waals surface area contributed by atoms with Crippen molar-refractivity contribution < 1.29 is 10.9 Å². The molecule has 0 amide bonds. The SMILES string of the molecule is [AlH3].[Cl][Co]([Cl])[Cl]. The van der Waals surface area contributed by atoms with E-state index >= 15 is 0 Å². The first-order chi connectivity index (χ1) is 1.73. The molecular formula is H3AlCl3Co. The van der Waals surface area contributed by atoms with E-state index in [4.69, 9.17) is 30.4 Å². The van der Waals surface area contributed by atoms with Crippen LogP contribution >= 0.6 is 30.4 Å². The molecule has 0 aliphatic heterocycles. The van der Waals surface area contributed by atoms with Gasteiger partial charge in [0.05, 0.1) is 0 Å². The summed E-state index contributed by atoms with van der Waals surface area (Å²) in [6, 6.07) is 0. The second kappa shape index (κ2) is 5.91. The Kier molecular flexibility index (Phi) is 11.8. The van der Waals surface area contributed by atoms with Gasteiger partial charge in [0.15, 0.2) is 17.4 Å².